The average molecular weight is 371 g/mol. The van der Waals surface area contributed by atoms with Crippen molar-refractivity contribution in [2.24, 2.45) is 0 Å². The van der Waals surface area contributed by atoms with Gasteiger partial charge in [-0.1, -0.05) is 57.9 Å². The van der Waals surface area contributed by atoms with Gasteiger partial charge in [-0.05, 0) is 31.2 Å². The Bertz CT molecular complexity index is 825. The molecule has 0 aliphatic carbocycles. The van der Waals surface area contributed by atoms with Crippen LogP contribution in [0.1, 0.15) is 28.9 Å². The second kappa shape index (κ2) is 6.42. The summed E-state index contributed by atoms with van der Waals surface area (Å²) in [5.41, 5.74) is 2.67. The number of carbonyl (C=O) groups excluding carboxylic acids is 1. The standard InChI is InChI=1S/C17H15BrN4O/c1-11-3-5-14(6-4-11)17-19-21-22(20-17)12(2)16(23)13-7-9-15(18)10-8-13/h3-10,12H,1-2H3/t12-/m1/s1. The third-order valence-corrected chi connectivity index (χ3v) is 4.12. The van der Waals surface area contributed by atoms with Gasteiger partial charge < -0.3 is 0 Å². The molecule has 0 radical (unpaired) electrons. The molecular formula is C17H15BrN4O. The van der Waals surface area contributed by atoms with Crippen molar-refractivity contribution < 1.29 is 4.79 Å². The molecule has 1 atom stereocenters. The summed E-state index contributed by atoms with van der Waals surface area (Å²) < 4.78 is 0.933. The molecule has 1 aromatic heterocycles. The van der Waals surface area contributed by atoms with Gasteiger partial charge in [-0.3, -0.25) is 4.79 Å². The van der Waals surface area contributed by atoms with Gasteiger partial charge in [0.2, 0.25) is 5.82 Å². The molecule has 5 nitrogen and oxygen atoms in total. The minimum atomic E-state index is -0.511. The Morgan fingerprint density at radius 3 is 2.39 bits per heavy atom. The zero-order valence-electron chi connectivity index (χ0n) is 12.8. The molecule has 0 saturated carbocycles. The number of aromatic nitrogens is 4. The van der Waals surface area contributed by atoms with Crippen LogP contribution in [0, 0.1) is 6.92 Å². The van der Waals surface area contributed by atoms with E-state index in [0.717, 1.165) is 10.0 Å². The van der Waals surface area contributed by atoms with Gasteiger partial charge in [0.25, 0.3) is 0 Å². The van der Waals surface area contributed by atoms with Crippen LogP contribution in [0.15, 0.2) is 53.0 Å². The van der Waals surface area contributed by atoms with E-state index in [2.05, 4.69) is 31.3 Å². The van der Waals surface area contributed by atoms with Crippen LogP contribution in [-0.2, 0) is 0 Å². The van der Waals surface area contributed by atoms with Crippen molar-refractivity contribution in [1.82, 2.24) is 20.2 Å². The van der Waals surface area contributed by atoms with Gasteiger partial charge in [-0.25, -0.2) is 0 Å². The molecule has 0 bridgehead atoms. The first-order valence-electron chi connectivity index (χ1n) is 7.21. The van der Waals surface area contributed by atoms with Crippen LogP contribution >= 0.6 is 15.9 Å². The molecule has 23 heavy (non-hydrogen) atoms. The predicted octanol–water partition coefficient (Wildman–Crippen LogP) is 3.85. The molecule has 0 aliphatic rings. The highest BCUT2D eigenvalue weighted by molar-refractivity contribution is 9.10. The zero-order valence-corrected chi connectivity index (χ0v) is 14.4. The number of Topliss-reactive ketones (excluding diaryl/α,β-unsaturated/α-hetero) is 1. The Labute approximate surface area is 142 Å². The van der Waals surface area contributed by atoms with Crippen LogP contribution in [0.2, 0.25) is 0 Å². The number of aryl methyl sites for hydroxylation is 1. The Kier molecular flexibility index (Phi) is 4.34. The topological polar surface area (TPSA) is 60.7 Å². The second-order valence-electron chi connectivity index (χ2n) is 5.35. The van der Waals surface area contributed by atoms with Crippen molar-refractivity contribution in [2.45, 2.75) is 19.9 Å². The molecule has 6 heteroatoms. The van der Waals surface area contributed by atoms with E-state index in [4.69, 9.17) is 0 Å². The molecule has 0 amide bonds. The highest BCUT2D eigenvalue weighted by atomic mass is 79.9. The van der Waals surface area contributed by atoms with Crippen LogP contribution in [0.3, 0.4) is 0 Å². The lowest BCUT2D eigenvalue weighted by atomic mass is 10.1. The van der Waals surface area contributed by atoms with Crippen molar-refractivity contribution in [2.75, 3.05) is 0 Å². The van der Waals surface area contributed by atoms with E-state index in [9.17, 15) is 4.79 Å². The number of hydrogen-bond donors (Lipinski definition) is 0. The summed E-state index contributed by atoms with van der Waals surface area (Å²) >= 11 is 3.36. The highest BCUT2D eigenvalue weighted by Gasteiger charge is 2.20. The van der Waals surface area contributed by atoms with Crippen LogP contribution in [0.25, 0.3) is 11.4 Å². The second-order valence-corrected chi connectivity index (χ2v) is 6.26. The van der Waals surface area contributed by atoms with Gasteiger partial charge in [-0.15, -0.1) is 10.2 Å². The van der Waals surface area contributed by atoms with E-state index >= 15 is 0 Å². The number of benzene rings is 2. The smallest absolute Gasteiger partial charge is 0.204 e. The predicted molar refractivity (Wildman–Crippen MR) is 91.2 cm³/mol. The molecule has 0 unspecified atom stereocenters. The van der Waals surface area contributed by atoms with Crippen LogP contribution in [-0.4, -0.2) is 26.0 Å². The van der Waals surface area contributed by atoms with E-state index in [1.165, 1.54) is 10.4 Å². The minimum absolute atomic E-state index is 0.0506. The van der Waals surface area contributed by atoms with Crippen molar-refractivity contribution in [3.05, 3.63) is 64.1 Å². The highest BCUT2D eigenvalue weighted by Crippen LogP contribution is 2.18. The van der Waals surface area contributed by atoms with Crippen molar-refractivity contribution in [3.63, 3.8) is 0 Å². The Morgan fingerprint density at radius 1 is 1.09 bits per heavy atom. The summed E-state index contributed by atoms with van der Waals surface area (Å²) in [6.07, 6.45) is 0. The lowest BCUT2D eigenvalue weighted by Crippen LogP contribution is -2.19. The first kappa shape index (κ1) is 15.6. The third kappa shape index (κ3) is 3.37. The van der Waals surface area contributed by atoms with Gasteiger partial charge in [0.05, 0.1) is 0 Å². The van der Waals surface area contributed by atoms with Crippen LogP contribution in [0.4, 0.5) is 0 Å². The monoisotopic (exact) mass is 370 g/mol. The van der Waals surface area contributed by atoms with E-state index in [0.29, 0.717) is 11.4 Å². The maximum Gasteiger partial charge on any atom is 0.204 e. The summed E-state index contributed by atoms with van der Waals surface area (Å²) in [5, 5.41) is 12.4. The Hall–Kier alpha value is -2.34. The fourth-order valence-corrected chi connectivity index (χ4v) is 2.43. The maximum atomic E-state index is 12.5. The quantitative estimate of drug-likeness (QED) is 0.654. The molecule has 0 N–H and O–H groups in total. The summed E-state index contributed by atoms with van der Waals surface area (Å²) in [5.74, 6) is 0.464. The lowest BCUT2D eigenvalue weighted by Gasteiger charge is -2.08. The number of nitrogens with zero attached hydrogens (tertiary/aromatic N) is 4. The zero-order chi connectivity index (χ0) is 16.4. The van der Waals surface area contributed by atoms with Gasteiger partial charge in [0.15, 0.2) is 5.78 Å². The first-order valence-corrected chi connectivity index (χ1v) is 8.00. The average Bonchev–Trinajstić information content (AvgIpc) is 3.05. The number of halogens is 1. The molecule has 0 fully saturated rings. The molecule has 0 aliphatic heterocycles. The van der Waals surface area contributed by atoms with Gasteiger partial charge in [0.1, 0.15) is 6.04 Å². The van der Waals surface area contributed by atoms with Crippen molar-refractivity contribution in [1.29, 1.82) is 0 Å². The molecule has 1 heterocycles. The largest absolute Gasteiger partial charge is 0.292 e. The van der Waals surface area contributed by atoms with Crippen molar-refractivity contribution >= 4 is 21.7 Å². The number of ketones is 1. The number of hydrogen-bond acceptors (Lipinski definition) is 4. The molecular weight excluding hydrogens is 356 g/mol. The lowest BCUT2D eigenvalue weighted by molar-refractivity contribution is 0.0918. The third-order valence-electron chi connectivity index (χ3n) is 3.59. The Balaban J connectivity index is 1.83. The summed E-state index contributed by atoms with van der Waals surface area (Å²) in [7, 11) is 0. The van der Waals surface area contributed by atoms with Gasteiger partial charge >= 0.3 is 0 Å². The van der Waals surface area contributed by atoms with Gasteiger partial charge in [0, 0.05) is 15.6 Å². The number of carbonyl (C=O) groups is 1. The minimum Gasteiger partial charge on any atom is -0.292 e. The van der Waals surface area contributed by atoms with E-state index in [1.807, 2.05) is 43.3 Å². The summed E-state index contributed by atoms with van der Waals surface area (Å²) in [4.78, 5) is 13.9. The fraction of sp³-hybridized carbons (Fsp3) is 0.176. The molecule has 3 aromatic rings. The van der Waals surface area contributed by atoms with E-state index < -0.39 is 6.04 Å². The summed E-state index contributed by atoms with van der Waals surface area (Å²) in [6, 6.07) is 14.6. The number of tetrazole rings is 1. The molecule has 0 spiro atoms. The van der Waals surface area contributed by atoms with Crippen LogP contribution in [0.5, 0.6) is 0 Å². The molecule has 2 aromatic carbocycles. The maximum absolute atomic E-state index is 12.5. The molecule has 0 saturated heterocycles. The van der Waals surface area contributed by atoms with Crippen molar-refractivity contribution in [3.8, 4) is 11.4 Å². The molecule has 3 rings (SSSR count). The summed E-state index contributed by atoms with van der Waals surface area (Å²) in [6.45, 7) is 3.79. The van der Waals surface area contributed by atoms with Gasteiger partial charge in [-0.2, -0.15) is 4.80 Å². The van der Waals surface area contributed by atoms with Crippen LogP contribution < -0.4 is 0 Å². The SMILES string of the molecule is Cc1ccc(-c2nnn([C@H](C)C(=O)c3ccc(Br)cc3)n2)cc1. The molecule has 116 valence electrons. The Morgan fingerprint density at radius 2 is 1.74 bits per heavy atom. The van der Waals surface area contributed by atoms with E-state index in [1.54, 1.807) is 19.1 Å². The normalized spacial score (nSPS) is 12.1. The number of rotatable bonds is 4. The van der Waals surface area contributed by atoms with E-state index in [-0.39, 0.29) is 5.78 Å². The fourth-order valence-electron chi connectivity index (χ4n) is 2.17. The first-order chi connectivity index (χ1) is 11.0.